The van der Waals surface area contributed by atoms with Crippen molar-refractivity contribution in [2.24, 2.45) is 0 Å². The third-order valence-electron chi connectivity index (χ3n) is 3.31. The molecule has 2 amide bonds. The zero-order valence-corrected chi connectivity index (χ0v) is 14.4. The fraction of sp³-hybridized carbons (Fsp3) is 0.176. The average Bonchev–Trinajstić information content (AvgIpc) is 2.60. The Balaban J connectivity index is 1.79. The first-order valence-corrected chi connectivity index (χ1v) is 7.95. The minimum atomic E-state index is -4.52. The number of carbonyl (C=O) groups is 2. The molecule has 0 aliphatic rings. The number of hydrogen-bond acceptors (Lipinski definition) is 3. The number of alkyl halides is 3. The molecular weight excluding hydrogens is 390 g/mol. The number of hydrogen-bond donors (Lipinski definition) is 3. The number of benzene rings is 2. The molecule has 0 atom stereocenters. The van der Waals surface area contributed by atoms with Crippen LogP contribution in [0.15, 0.2) is 42.5 Å². The molecule has 0 bridgehead atoms. The minimum Gasteiger partial charge on any atom is -0.375 e. The molecule has 2 aromatic rings. The Kier molecular flexibility index (Phi) is 6.62. The maximum atomic E-state index is 12.8. The van der Waals surface area contributed by atoms with Gasteiger partial charge >= 0.3 is 6.18 Å². The smallest absolute Gasteiger partial charge is 0.375 e. The average molecular weight is 404 g/mol. The number of halogens is 5. The van der Waals surface area contributed by atoms with Gasteiger partial charge in [0.15, 0.2) is 0 Å². The first-order valence-electron chi connectivity index (χ1n) is 7.58. The van der Waals surface area contributed by atoms with E-state index in [-0.39, 0.29) is 23.8 Å². The van der Waals surface area contributed by atoms with E-state index in [9.17, 15) is 27.2 Å². The summed E-state index contributed by atoms with van der Waals surface area (Å²) in [5, 5.41) is 7.19. The van der Waals surface area contributed by atoms with Crippen LogP contribution in [-0.4, -0.2) is 24.9 Å². The van der Waals surface area contributed by atoms with E-state index in [1.165, 1.54) is 24.3 Å². The van der Waals surface area contributed by atoms with Crippen LogP contribution in [-0.2, 0) is 15.8 Å². The van der Waals surface area contributed by atoms with Crippen molar-refractivity contribution in [3.8, 4) is 0 Å². The van der Waals surface area contributed by atoms with Crippen LogP contribution in [0.3, 0.4) is 0 Å². The van der Waals surface area contributed by atoms with Gasteiger partial charge in [0.25, 0.3) is 0 Å². The highest BCUT2D eigenvalue weighted by Gasteiger charge is 2.30. The minimum absolute atomic E-state index is 0.149. The number of nitrogens with one attached hydrogen (secondary N) is 3. The van der Waals surface area contributed by atoms with Gasteiger partial charge in [0.1, 0.15) is 5.82 Å². The first kappa shape index (κ1) is 20.5. The molecule has 2 aromatic carbocycles. The fourth-order valence-corrected chi connectivity index (χ4v) is 2.24. The molecule has 10 heteroatoms. The quantitative estimate of drug-likeness (QED) is 0.645. The highest BCUT2D eigenvalue weighted by atomic mass is 35.5. The monoisotopic (exact) mass is 403 g/mol. The van der Waals surface area contributed by atoms with Crippen LogP contribution < -0.4 is 16.0 Å². The summed E-state index contributed by atoms with van der Waals surface area (Å²) in [6.07, 6.45) is -4.52. The van der Waals surface area contributed by atoms with E-state index in [0.717, 1.165) is 18.2 Å². The first-order chi connectivity index (χ1) is 12.6. The van der Waals surface area contributed by atoms with Gasteiger partial charge in [-0.1, -0.05) is 11.6 Å². The van der Waals surface area contributed by atoms with E-state index in [4.69, 9.17) is 11.6 Å². The predicted molar refractivity (Wildman–Crippen MR) is 93.0 cm³/mol. The standard InChI is InChI=1S/C17H14ClF4N3O2/c18-13-7-10(17(20,21)22)1-6-14(13)23-8-15(26)24-9-16(27)25-12-4-2-11(19)3-5-12/h1-7,23H,8-9H2,(H,24,26)(H,25,27). The van der Waals surface area contributed by atoms with Gasteiger partial charge in [-0.05, 0) is 42.5 Å². The number of anilines is 2. The normalized spacial score (nSPS) is 11.0. The van der Waals surface area contributed by atoms with Crippen molar-refractivity contribution in [1.82, 2.24) is 5.32 Å². The molecule has 0 fully saturated rings. The van der Waals surface area contributed by atoms with Crippen LogP contribution in [0.25, 0.3) is 0 Å². The van der Waals surface area contributed by atoms with E-state index < -0.39 is 29.4 Å². The number of amides is 2. The lowest BCUT2D eigenvalue weighted by atomic mass is 10.2. The molecule has 5 nitrogen and oxygen atoms in total. The maximum Gasteiger partial charge on any atom is 0.416 e. The summed E-state index contributed by atoms with van der Waals surface area (Å²) in [6, 6.07) is 7.77. The third kappa shape index (κ3) is 6.45. The molecular formula is C17H14ClF4N3O2. The summed E-state index contributed by atoms with van der Waals surface area (Å²) in [5.74, 6) is -1.54. The topological polar surface area (TPSA) is 70.2 Å². The highest BCUT2D eigenvalue weighted by Crippen LogP contribution is 2.33. The molecule has 0 saturated heterocycles. The summed E-state index contributed by atoms with van der Waals surface area (Å²) >= 11 is 5.76. The molecule has 0 radical (unpaired) electrons. The van der Waals surface area contributed by atoms with E-state index in [1.54, 1.807) is 0 Å². The van der Waals surface area contributed by atoms with Gasteiger partial charge in [0.2, 0.25) is 11.8 Å². The Hall–Kier alpha value is -2.81. The van der Waals surface area contributed by atoms with E-state index in [0.29, 0.717) is 5.69 Å². The Labute approximate surface area is 156 Å². The summed E-state index contributed by atoms with van der Waals surface area (Å²) in [6.45, 7) is -0.631. The molecule has 3 N–H and O–H groups in total. The van der Waals surface area contributed by atoms with Gasteiger partial charge in [0, 0.05) is 5.69 Å². The van der Waals surface area contributed by atoms with E-state index >= 15 is 0 Å². The van der Waals surface area contributed by atoms with E-state index in [2.05, 4.69) is 16.0 Å². The predicted octanol–water partition coefficient (Wildman–Crippen LogP) is 3.66. The lowest BCUT2D eigenvalue weighted by Gasteiger charge is -2.12. The van der Waals surface area contributed by atoms with Crippen LogP contribution in [0.4, 0.5) is 28.9 Å². The second-order valence-electron chi connectivity index (χ2n) is 5.38. The molecule has 0 aliphatic heterocycles. The van der Waals surface area contributed by atoms with Crippen molar-refractivity contribution in [2.75, 3.05) is 23.7 Å². The fourth-order valence-electron chi connectivity index (χ4n) is 1.99. The molecule has 0 unspecified atom stereocenters. The second-order valence-corrected chi connectivity index (χ2v) is 5.78. The van der Waals surface area contributed by atoms with E-state index in [1.807, 2.05) is 0 Å². The maximum absolute atomic E-state index is 12.8. The summed E-state index contributed by atoms with van der Waals surface area (Å²) in [4.78, 5) is 23.4. The largest absolute Gasteiger partial charge is 0.416 e. The Morgan fingerprint density at radius 3 is 2.22 bits per heavy atom. The lowest BCUT2D eigenvalue weighted by molar-refractivity contribution is -0.137. The van der Waals surface area contributed by atoms with Crippen molar-refractivity contribution in [3.63, 3.8) is 0 Å². The molecule has 0 aliphatic carbocycles. The van der Waals surface area contributed by atoms with Crippen molar-refractivity contribution >= 4 is 34.8 Å². The van der Waals surface area contributed by atoms with Crippen LogP contribution in [0.5, 0.6) is 0 Å². The summed E-state index contributed by atoms with van der Waals surface area (Å²) < 4.78 is 50.5. The van der Waals surface area contributed by atoms with Gasteiger partial charge < -0.3 is 16.0 Å². The zero-order chi connectivity index (χ0) is 20.0. The molecule has 0 heterocycles. The van der Waals surface area contributed by atoms with Crippen LogP contribution in [0.1, 0.15) is 5.56 Å². The number of carbonyl (C=O) groups excluding carboxylic acids is 2. The van der Waals surface area contributed by atoms with Crippen LogP contribution >= 0.6 is 11.6 Å². The third-order valence-corrected chi connectivity index (χ3v) is 3.62. The van der Waals surface area contributed by atoms with Gasteiger partial charge in [0.05, 0.1) is 29.4 Å². The van der Waals surface area contributed by atoms with Gasteiger partial charge in [-0.3, -0.25) is 9.59 Å². The lowest BCUT2D eigenvalue weighted by Crippen LogP contribution is -2.36. The van der Waals surface area contributed by atoms with Crippen LogP contribution in [0, 0.1) is 5.82 Å². The van der Waals surface area contributed by atoms with Crippen molar-refractivity contribution in [2.45, 2.75) is 6.18 Å². The Morgan fingerprint density at radius 2 is 1.63 bits per heavy atom. The zero-order valence-electron chi connectivity index (χ0n) is 13.7. The highest BCUT2D eigenvalue weighted by molar-refractivity contribution is 6.33. The molecule has 0 saturated carbocycles. The Morgan fingerprint density at radius 1 is 0.963 bits per heavy atom. The number of rotatable bonds is 6. The SMILES string of the molecule is O=C(CNc1ccc(C(F)(F)F)cc1Cl)NCC(=O)Nc1ccc(F)cc1. The summed E-state index contributed by atoms with van der Waals surface area (Å²) in [7, 11) is 0. The molecule has 144 valence electrons. The Bertz CT molecular complexity index is 826. The molecule has 27 heavy (non-hydrogen) atoms. The molecule has 0 aromatic heterocycles. The van der Waals surface area contributed by atoms with Crippen molar-refractivity contribution in [3.05, 3.63) is 58.9 Å². The van der Waals surface area contributed by atoms with Gasteiger partial charge in [-0.15, -0.1) is 0 Å². The van der Waals surface area contributed by atoms with Gasteiger partial charge in [-0.25, -0.2) is 4.39 Å². The van der Waals surface area contributed by atoms with Gasteiger partial charge in [-0.2, -0.15) is 13.2 Å². The van der Waals surface area contributed by atoms with Crippen molar-refractivity contribution in [1.29, 1.82) is 0 Å². The molecule has 2 rings (SSSR count). The molecule has 0 spiro atoms. The second kappa shape index (κ2) is 8.72. The summed E-state index contributed by atoms with van der Waals surface area (Å²) in [5.41, 5.74) is -0.388. The van der Waals surface area contributed by atoms with Crippen molar-refractivity contribution < 1.29 is 27.2 Å². The van der Waals surface area contributed by atoms with Crippen LogP contribution in [0.2, 0.25) is 5.02 Å².